The largest absolute Gasteiger partial charge is 0.624 e. The molecule has 0 aliphatic carbocycles. The smallest absolute Gasteiger partial charge is 0.185 e. The minimum atomic E-state index is -0.178. The third-order valence-corrected chi connectivity index (χ3v) is 1.79. The predicted molar refractivity (Wildman–Crippen MR) is 53.7 cm³/mol. The zero-order valence-corrected chi connectivity index (χ0v) is 8.14. The van der Waals surface area contributed by atoms with E-state index in [1.165, 1.54) is 24.4 Å². The highest BCUT2D eigenvalue weighted by molar-refractivity contribution is 5.80. The number of rotatable bonds is 2. The maximum atomic E-state index is 11.2. The van der Waals surface area contributed by atoms with Crippen LogP contribution >= 0.6 is 0 Å². The van der Waals surface area contributed by atoms with Crippen LogP contribution in [0.15, 0.2) is 18.2 Å². The number of benzene rings is 1. The van der Waals surface area contributed by atoms with E-state index in [1.807, 2.05) is 0 Å². The zero-order valence-electron chi connectivity index (χ0n) is 8.14. The van der Waals surface area contributed by atoms with Gasteiger partial charge in [0.1, 0.15) is 11.5 Å². The van der Waals surface area contributed by atoms with E-state index in [2.05, 4.69) is 0 Å². The van der Waals surface area contributed by atoms with E-state index in [9.17, 15) is 10.3 Å². The van der Waals surface area contributed by atoms with Gasteiger partial charge in [0, 0.05) is 6.07 Å². The lowest BCUT2D eigenvalue weighted by atomic mass is 10.2. The van der Waals surface area contributed by atoms with Crippen LogP contribution < -0.4 is 0 Å². The van der Waals surface area contributed by atoms with Crippen molar-refractivity contribution in [1.29, 1.82) is 0 Å². The summed E-state index contributed by atoms with van der Waals surface area (Å²) in [5.74, 6) is -0.131. The molecule has 4 nitrogen and oxygen atoms in total. The van der Waals surface area contributed by atoms with Crippen LogP contribution in [-0.2, 0) is 0 Å². The average molecular weight is 195 g/mol. The lowest BCUT2D eigenvalue weighted by molar-refractivity contribution is -0.487. The van der Waals surface area contributed by atoms with E-state index in [1.54, 1.807) is 13.8 Å². The second-order valence-electron chi connectivity index (χ2n) is 3.33. The average Bonchev–Trinajstić information content (AvgIpc) is 2.09. The standard InChI is InChI=1S/C10H13NO3/c1-7(2)11(14)6-8-3-4-9(12)5-10(8)13/h3-7,12-13H,1-2H3/b11-6+. The highest BCUT2D eigenvalue weighted by atomic mass is 16.5. The number of hydroxylamine groups is 1. The summed E-state index contributed by atoms with van der Waals surface area (Å²) in [7, 11) is 0. The van der Waals surface area contributed by atoms with Crippen LogP contribution in [0, 0.1) is 5.21 Å². The molecule has 0 aliphatic heterocycles. The van der Waals surface area contributed by atoms with E-state index in [0.717, 1.165) is 4.74 Å². The summed E-state index contributed by atoms with van der Waals surface area (Å²) in [5, 5.41) is 29.6. The summed E-state index contributed by atoms with van der Waals surface area (Å²) >= 11 is 0. The SMILES string of the molecule is CC(C)/[N+]([O-])=C\c1ccc(O)cc1O. The van der Waals surface area contributed by atoms with Gasteiger partial charge in [-0.1, -0.05) is 0 Å². The second kappa shape index (κ2) is 4.00. The number of hydrogen-bond donors (Lipinski definition) is 2. The van der Waals surface area contributed by atoms with Crippen molar-refractivity contribution in [3.8, 4) is 11.5 Å². The van der Waals surface area contributed by atoms with Crippen LogP contribution in [0.5, 0.6) is 11.5 Å². The van der Waals surface area contributed by atoms with Gasteiger partial charge >= 0.3 is 0 Å². The van der Waals surface area contributed by atoms with Gasteiger partial charge in [-0.05, 0) is 26.0 Å². The number of phenolic OH excluding ortho intramolecular Hbond substituents is 2. The molecular weight excluding hydrogens is 182 g/mol. The van der Waals surface area contributed by atoms with E-state index in [0.29, 0.717) is 5.56 Å². The lowest BCUT2D eigenvalue weighted by Gasteiger charge is -2.07. The van der Waals surface area contributed by atoms with Crippen LogP contribution in [0.1, 0.15) is 19.4 Å². The molecule has 4 heteroatoms. The van der Waals surface area contributed by atoms with Crippen molar-refractivity contribution in [3.05, 3.63) is 29.0 Å². The quantitative estimate of drug-likeness (QED) is 0.325. The molecule has 1 rings (SSSR count). The molecule has 0 heterocycles. The topological polar surface area (TPSA) is 66.5 Å². The molecule has 2 N–H and O–H groups in total. The Morgan fingerprint density at radius 1 is 1.36 bits per heavy atom. The molecule has 1 aromatic rings. The molecule has 0 fully saturated rings. The molecule has 76 valence electrons. The van der Waals surface area contributed by atoms with Gasteiger partial charge < -0.3 is 15.4 Å². The van der Waals surface area contributed by atoms with Crippen molar-refractivity contribution in [3.63, 3.8) is 0 Å². The molecule has 1 aromatic carbocycles. The molecule has 0 amide bonds. The first-order valence-electron chi connectivity index (χ1n) is 4.33. The monoisotopic (exact) mass is 195 g/mol. The maximum Gasteiger partial charge on any atom is 0.185 e. The van der Waals surface area contributed by atoms with E-state index in [4.69, 9.17) is 5.11 Å². The van der Waals surface area contributed by atoms with Crippen molar-refractivity contribution in [2.75, 3.05) is 0 Å². The summed E-state index contributed by atoms with van der Waals surface area (Å²) in [6, 6.07) is 3.92. The number of hydrogen-bond acceptors (Lipinski definition) is 3. The molecule has 0 radical (unpaired) electrons. The Morgan fingerprint density at radius 2 is 2.00 bits per heavy atom. The molecule has 0 atom stereocenters. The molecular formula is C10H13NO3. The van der Waals surface area contributed by atoms with Gasteiger partial charge in [-0.25, -0.2) is 4.74 Å². The fourth-order valence-electron chi connectivity index (χ4n) is 0.927. The summed E-state index contributed by atoms with van der Waals surface area (Å²) in [6.07, 6.45) is 1.29. The van der Waals surface area contributed by atoms with Crippen molar-refractivity contribution >= 4 is 6.21 Å². The number of nitrogens with zero attached hydrogens (tertiary/aromatic N) is 1. The molecule has 0 saturated heterocycles. The summed E-state index contributed by atoms with van der Waals surface area (Å²) in [4.78, 5) is 0. The number of aromatic hydroxyl groups is 2. The third kappa shape index (κ3) is 2.39. The second-order valence-corrected chi connectivity index (χ2v) is 3.33. The Kier molecular flexibility index (Phi) is 2.96. The highest BCUT2D eigenvalue weighted by Crippen LogP contribution is 2.20. The fourth-order valence-corrected chi connectivity index (χ4v) is 0.927. The highest BCUT2D eigenvalue weighted by Gasteiger charge is 2.05. The first-order chi connectivity index (χ1) is 6.50. The Morgan fingerprint density at radius 3 is 2.50 bits per heavy atom. The lowest BCUT2D eigenvalue weighted by Crippen LogP contribution is -2.14. The molecule has 0 bridgehead atoms. The van der Waals surface area contributed by atoms with Crippen LogP contribution in [-0.4, -0.2) is 27.2 Å². The first-order valence-corrected chi connectivity index (χ1v) is 4.33. The summed E-state index contributed by atoms with van der Waals surface area (Å²) < 4.78 is 0.742. The molecule has 0 unspecified atom stereocenters. The van der Waals surface area contributed by atoms with Gasteiger partial charge in [0.2, 0.25) is 0 Å². The zero-order chi connectivity index (χ0) is 10.7. The van der Waals surface area contributed by atoms with Crippen LogP contribution in [0.2, 0.25) is 0 Å². The minimum Gasteiger partial charge on any atom is -0.624 e. The van der Waals surface area contributed by atoms with Gasteiger partial charge in [-0.2, -0.15) is 0 Å². The van der Waals surface area contributed by atoms with E-state index >= 15 is 0 Å². The van der Waals surface area contributed by atoms with Crippen LogP contribution in [0.3, 0.4) is 0 Å². The Hall–Kier alpha value is -1.71. The van der Waals surface area contributed by atoms with Gasteiger partial charge in [-0.3, -0.25) is 0 Å². The Labute approximate surface area is 82.3 Å². The first kappa shape index (κ1) is 10.4. The van der Waals surface area contributed by atoms with Crippen molar-refractivity contribution in [1.82, 2.24) is 0 Å². The third-order valence-electron chi connectivity index (χ3n) is 1.79. The summed E-state index contributed by atoms with van der Waals surface area (Å²) in [6.45, 7) is 3.50. The molecule has 0 spiro atoms. The van der Waals surface area contributed by atoms with Crippen molar-refractivity contribution < 1.29 is 15.0 Å². The van der Waals surface area contributed by atoms with Gasteiger partial charge in [0.15, 0.2) is 12.3 Å². The Bertz CT molecular complexity index is 358. The molecule has 14 heavy (non-hydrogen) atoms. The number of phenols is 2. The molecule has 0 aromatic heterocycles. The van der Waals surface area contributed by atoms with E-state index < -0.39 is 0 Å². The van der Waals surface area contributed by atoms with Gasteiger partial charge in [-0.15, -0.1) is 0 Å². The predicted octanol–water partition coefficient (Wildman–Crippen LogP) is 1.44. The normalized spacial score (nSPS) is 12.1. The van der Waals surface area contributed by atoms with Gasteiger partial charge in [0.05, 0.1) is 5.56 Å². The van der Waals surface area contributed by atoms with Crippen molar-refractivity contribution in [2.45, 2.75) is 19.9 Å². The molecule has 0 saturated carbocycles. The molecule has 0 aliphatic rings. The van der Waals surface area contributed by atoms with Crippen molar-refractivity contribution in [2.24, 2.45) is 0 Å². The van der Waals surface area contributed by atoms with Crippen LogP contribution in [0.4, 0.5) is 0 Å². The minimum absolute atomic E-state index is 0.0263. The van der Waals surface area contributed by atoms with Gasteiger partial charge in [0.25, 0.3) is 0 Å². The fraction of sp³-hybridized carbons (Fsp3) is 0.300. The maximum absolute atomic E-state index is 11.2. The summed E-state index contributed by atoms with van der Waals surface area (Å²) in [5.41, 5.74) is 0.395. The van der Waals surface area contributed by atoms with E-state index in [-0.39, 0.29) is 17.5 Å². The Balaban J connectivity index is 3.03. The van der Waals surface area contributed by atoms with Crippen LogP contribution in [0.25, 0.3) is 0 Å².